The fraction of sp³-hybridized carbons (Fsp3) is 0.583. The van der Waals surface area contributed by atoms with Crippen LogP contribution in [0.4, 0.5) is 5.69 Å². The Labute approximate surface area is 112 Å². The molecule has 19 heavy (non-hydrogen) atoms. The largest absolute Gasteiger partial charge is 0.395 e. The molecule has 0 aromatic carbocycles. The van der Waals surface area contributed by atoms with Crippen LogP contribution in [0.25, 0.3) is 0 Å². The molecule has 1 rings (SSSR count). The van der Waals surface area contributed by atoms with Crippen molar-refractivity contribution in [1.82, 2.24) is 14.7 Å². The predicted octanol–water partition coefficient (Wildman–Crippen LogP) is -0.106. The average molecular weight is 267 g/mol. The molecule has 106 valence electrons. The predicted molar refractivity (Wildman–Crippen MR) is 72.3 cm³/mol. The Hall–Kier alpha value is -2.05. The zero-order valence-corrected chi connectivity index (χ0v) is 11.8. The summed E-state index contributed by atoms with van der Waals surface area (Å²) >= 11 is 0. The Balaban J connectivity index is 3.07. The third-order valence-electron chi connectivity index (χ3n) is 2.69. The fourth-order valence-corrected chi connectivity index (χ4v) is 1.93. The van der Waals surface area contributed by atoms with Gasteiger partial charge in [0, 0.05) is 13.6 Å². The maximum absolute atomic E-state index is 12.4. The van der Waals surface area contributed by atoms with E-state index in [0.717, 1.165) is 0 Å². The molecule has 0 fully saturated rings. The van der Waals surface area contributed by atoms with Gasteiger partial charge in [-0.05, 0) is 12.8 Å². The summed E-state index contributed by atoms with van der Waals surface area (Å²) in [5.74, 6) is -0.654. The van der Waals surface area contributed by atoms with Crippen LogP contribution in [0.3, 0.4) is 0 Å². The van der Waals surface area contributed by atoms with Gasteiger partial charge in [0.15, 0.2) is 0 Å². The lowest BCUT2D eigenvalue weighted by atomic mass is 10.2. The van der Waals surface area contributed by atoms with Gasteiger partial charge in [-0.25, -0.2) is 0 Å². The van der Waals surface area contributed by atoms with Crippen LogP contribution in [0.1, 0.15) is 30.0 Å². The number of aryl methyl sites for hydroxylation is 2. The highest BCUT2D eigenvalue weighted by atomic mass is 16.2. The van der Waals surface area contributed by atoms with Gasteiger partial charge < -0.3 is 16.4 Å². The number of hydrogen-bond acceptors (Lipinski definition) is 4. The van der Waals surface area contributed by atoms with Gasteiger partial charge in [0.05, 0.1) is 17.9 Å². The Bertz CT molecular complexity index is 493. The Kier molecular flexibility index (Phi) is 4.52. The monoisotopic (exact) mass is 267 g/mol. The summed E-state index contributed by atoms with van der Waals surface area (Å²) in [5, 5.41) is 4.10. The lowest BCUT2D eigenvalue weighted by molar-refractivity contribution is -0.118. The summed E-state index contributed by atoms with van der Waals surface area (Å²) in [7, 11) is 1.65. The van der Waals surface area contributed by atoms with Gasteiger partial charge in [0.1, 0.15) is 5.69 Å². The van der Waals surface area contributed by atoms with Crippen LogP contribution < -0.4 is 11.5 Å². The van der Waals surface area contributed by atoms with Gasteiger partial charge in [0.2, 0.25) is 5.91 Å². The van der Waals surface area contributed by atoms with Gasteiger partial charge in [-0.2, -0.15) is 5.10 Å². The number of hydrogen-bond donors (Lipinski definition) is 2. The van der Waals surface area contributed by atoms with E-state index < -0.39 is 5.91 Å². The summed E-state index contributed by atoms with van der Waals surface area (Å²) in [6, 6.07) is 0. The molecule has 0 radical (unpaired) electrons. The summed E-state index contributed by atoms with van der Waals surface area (Å²) in [6.45, 7) is 5.96. The Morgan fingerprint density at radius 1 is 1.42 bits per heavy atom. The van der Waals surface area contributed by atoms with E-state index in [4.69, 9.17) is 11.5 Å². The molecule has 0 atom stereocenters. The second-order valence-electron chi connectivity index (χ2n) is 5.02. The molecule has 0 bridgehead atoms. The van der Waals surface area contributed by atoms with Gasteiger partial charge in [0.25, 0.3) is 5.91 Å². The van der Waals surface area contributed by atoms with Crippen LogP contribution in [0.15, 0.2) is 0 Å². The van der Waals surface area contributed by atoms with E-state index in [1.165, 1.54) is 9.58 Å². The van der Waals surface area contributed by atoms with Gasteiger partial charge in [-0.15, -0.1) is 0 Å². The van der Waals surface area contributed by atoms with Gasteiger partial charge in [-0.3, -0.25) is 14.3 Å². The SMILES string of the molecule is Cc1nn(C)c(C(=O)N(CC(N)=O)CC(C)C)c1N. The molecule has 1 aromatic rings. The lowest BCUT2D eigenvalue weighted by Crippen LogP contribution is -2.41. The number of nitrogens with two attached hydrogens (primary N) is 2. The summed E-state index contributed by atoms with van der Waals surface area (Å²) in [6.07, 6.45) is 0. The standard InChI is InChI=1S/C12H21N5O2/c1-7(2)5-17(6-9(13)18)12(19)11-10(14)8(3)15-16(11)4/h7H,5-6,14H2,1-4H3,(H2,13,18). The van der Waals surface area contributed by atoms with Crippen molar-refractivity contribution < 1.29 is 9.59 Å². The maximum atomic E-state index is 12.4. The Morgan fingerprint density at radius 2 is 2.00 bits per heavy atom. The summed E-state index contributed by atoms with van der Waals surface area (Å²) < 4.78 is 1.43. The van der Waals surface area contributed by atoms with Crippen LogP contribution in [0, 0.1) is 12.8 Å². The minimum atomic E-state index is -0.550. The number of aromatic nitrogens is 2. The highest BCUT2D eigenvalue weighted by Gasteiger charge is 2.25. The highest BCUT2D eigenvalue weighted by Crippen LogP contribution is 2.18. The number of nitrogens with zero attached hydrogens (tertiary/aromatic N) is 3. The normalized spacial score (nSPS) is 10.8. The number of primary amides is 1. The fourth-order valence-electron chi connectivity index (χ4n) is 1.93. The van der Waals surface area contributed by atoms with Crippen LogP contribution in [0.2, 0.25) is 0 Å². The number of amides is 2. The van der Waals surface area contributed by atoms with Crippen molar-refractivity contribution >= 4 is 17.5 Å². The van der Waals surface area contributed by atoms with Crippen molar-refractivity contribution in [3.8, 4) is 0 Å². The molecule has 0 aliphatic heterocycles. The second-order valence-corrected chi connectivity index (χ2v) is 5.02. The number of anilines is 1. The maximum Gasteiger partial charge on any atom is 0.274 e. The first-order chi connectivity index (χ1) is 8.73. The van der Waals surface area contributed by atoms with Crippen molar-refractivity contribution in [2.75, 3.05) is 18.8 Å². The van der Waals surface area contributed by atoms with E-state index in [0.29, 0.717) is 23.6 Å². The molecular formula is C12H21N5O2. The van der Waals surface area contributed by atoms with E-state index in [-0.39, 0.29) is 18.4 Å². The third kappa shape index (κ3) is 3.46. The topological polar surface area (TPSA) is 107 Å². The first-order valence-electron chi connectivity index (χ1n) is 6.10. The van der Waals surface area contributed by atoms with E-state index in [2.05, 4.69) is 5.10 Å². The van der Waals surface area contributed by atoms with Gasteiger partial charge >= 0.3 is 0 Å². The first kappa shape index (κ1) is 15.0. The highest BCUT2D eigenvalue weighted by molar-refractivity contribution is 5.99. The van der Waals surface area contributed by atoms with Crippen LogP contribution in [-0.2, 0) is 11.8 Å². The minimum absolute atomic E-state index is 0.124. The Morgan fingerprint density at radius 3 is 2.37 bits per heavy atom. The number of nitrogen functional groups attached to an aromatic ring is 1. The van der Waals surface area contributed by atoms with Crippen molar-refractivity contribution in [3.05, 3.63) is 11.4 Å². The summed E-state index contributed by atoms with van der Waals surface area (Å²) in [4.78, 5) is 24.9. The quantitative estimate of drug-likeness (QED) is 0.776. The van der Waals surface area contributed by atoms with Crippen molar-refractivity contribution in [2.45, 2.75) is 20.8 Å². The van der Waals surface area contributed by atoms with Crippen LogP contribution in [-0.4, -0.2) is 39.6 Å². The minimum Gasteiger partial charge on any atom is -0.395 e. The first-order valence-corrected chi connectivity index (χ1v) is 6.10. The molecule has 0 aliphatic carbocycles. The van der Waals surface area contributed by atoms with Crippen molar-refractivity contribution in [2.24, 2.45) is 18.7 Å². The lowest BCUT2D eigenvalue weighted by Gasteiger charge is -2.23. The smallest absolute Gasteiger partial charge is 0.274 e. The van der Waals surface area contributed by atoms with Crippen molar-refractivity contribution in [3.63, 3.8) is 0 Å². The molecule has 0 saturated carbocycles. The average Bonchev–Trinajstić information content (AvgIpc) is 2.50. The van der Waals surface area contributed by atoms with Crippen molar-refractivity contribution in [1.29, 1.82) is 0 Å². The molecule has 1 heterocycles. The molecule has 2 amide bonds. The molecule has 0 spiro atoms. The van der Waals surface area contributed by atoms with Crippen LogP contribution >= 0.6 is 0 Å². The molecule has 0 unspecified atom stereocenters. The van der Waals surface area contributed by atoms with E-state index in [1.54, 1.807) is 14.0 Å². The number of carbonyl (C=O) groups excluding carboxylic acids is 2. The summed E-state index contributed by atoms with van der Waals surface area (Å²) in [5.41, 5.74) is 12.3. The molecular weight excluding hydrogens is 246 g/mol. The molecule has 4 N–H and O–H groups in total. The third-order valence-corrected chi connectivity index (χ3v) is 2.69. The van der Waals surface area contributed by atoms with E-state index in [1.807, 2.05) is 13.8 Å². The van der Waals surface area contributed by atoms with Crippen LogP contribution in [0.5, 0.6) is 0 Å². The van der Waals surface area contributed by atoms with Gasteiger partial charge in [-0.1, -0.05) is 13.8 Å². The number of rotatable bonds is 5. The molecule has 0 aliphatic rings. The molecule has 0 saturated heterocycles. The zero-order chi connectivity index (χ0) is 14.7. The second kappa shape index (κ2) is 5.73. The molecule has 1 aromatic heterocycles. The van der Waals surface area contributed by atoms with E-state index in [9.17, 15) is 9.59 Å². The zero-order valence-electron chi connectivity index (χ0n) is 11.8. The van der Waals surface area contributed by atoms with E-state index >= 15 is 0 Å². The molecule has 7 nitrogen and oxygen atoms in total. The molecule has 7 heteroatoms. The number of carbonyl (C=O) groups is 2.